The Balaban J connectivity index is 0.000000657. The number of nitrogens with zero attached hydrogens (tertiary/aromatic N) is 1. The number of benzene rings is 2. The van der Waals surface area contributed by atoms with Gasteiger partial charge >= 0.3 is 24.3 Å². The summed E-state index contributed by atoms with van der Waals surface area (Å²) in [7, 11) is 3.98. The highest BCUT2D eigenvalue weighted by atomic mass is 127. The van der Waals surface area contributed by atoms with E-state index in [-0.39, 0.29) is 34.0 Å². The molecule has 0 radical (unpaired) electrons. The van der Waals surface area contributed by atoms with Crippen molar-refractivity contribution in [3.63, 3.8) is 0 Å². The minimum absolute atomic E-state index is 0.00758. The number of hydrogen-bond donors (Lipinski definition) is 0. The second-order valence-corrected chi connectivity index (χ2v) is 8.69. The minimum atomic E-state index is -4.44. The highest BCUT2D eigenvalue weighted by Gasteiger charge is 2.34. The molecule has 208 valence electrons. The molecule has 0 N–H and O–H groups in total. The lowest BCUT2D eigenvalue weighted by Gasteiger charge is -2.19. The number of aryl methyl sites for hydroxylation is 1. The molecule has 0 aliphatic heterocycles. The van der Waals surface area contributed by atoms with Crippen molar-refractivity contribution in [2.75, 3.05) is 37.6 Å². The first-order valence-electron chi connectivity index (χ1n) is 10.0. The molecule has 0 atom stereocenters. The Morgan fingerprint density at radius 1 is 0.838 bits per heavy atom. The van der Waals surface area contributed by atoms with Crippen LogP contribution in [-0.4, -0.2) is 44.7 Å². The number of anilines is 1. The Bertz CT molecular complexity index is 1040. The van der Waals surface area contributed by atoms with Crippen LogP contribution >= 0.6 is 54.5 Å². The zero-order chi connectivity index (χ0) is 29.0. The molecular weight excluding hydrogens is 755 g/mol. The van der Waals surface area contributed by atoms with Gasteiger partial charge in [-0.2, -0.15) is 26.3 Å². The van der Waals surface area contributed by atoms with Crippen LogP contribution in [-0.2, 0) is 37.8 Å². The van der Waals surface area contributed by atoms with E-state index >= 15 is 0 Å². The van der Waals surface area contributed by atoms with Crippen molar-refractivity contribution in [1.29, 1.82) is 0 Å². The van der Waals surface area contributed by atoms with E-state index in [1.807, 2.05) is 4.93 Å². The van der Waals surface area contributed by atoms with Crippen molar-refractivity contribution in [1.82, 2.24) is 0 Å². The SMILES string of the molecule is CI.COC(=O)CCc1ccc(Br)c(C(F)(F)F)c1.COC(=O)CN(C)c1ccc(Br)c(C(F)(F)F)c1. The van der Waals surface area contributed by atoms with Gasteiger partial charge in [0.25, 0.3) is 0 Å². The van der Waals surface area contributed by atoms with Crippen LogP contribution in [0.5, 0.6) is 0 Å². The lowest BCUT2D eigenvalue weighted by Crippen LogP contribution is -2.26. The molecule has 0 heterocycles. The summed E-state index contributed by atoms with van der Waals surface area (Å²) < 4.78 is 84.6. The molecule has 2 aromatic carbocycles. The van der Waals surface area contributed by atoms with Crippen molar-refractivity contribution < 1.29 is 45.4 Å². The fourth-order valence-corrected chi connectivity index (χ4v) is 3.55. The smallest absolute Gasteiger partial charge is 0.417 e. The first kappa shape index (κ1) is 35.5. The minimum Gasteiger partial charge on any atom is -0.469 e. The number of likely N-dealkylation sites (N-methyl/N-ethyl adjacent to an activating group) is 1. The van der Waals surface area contributed by atoms with E-state index in [9.17, 15) is 35.9 Å². The molecule has 0 aromatic heterocycles. The average Bonchev–Trinajstić information content (AvgIpc) is 2.83. The summed E-state index contributed by atoms with van der Waals surface area (Å²) in [6, 6.07) is 7.67. The fourth-order valence-electron chi connectivity index (χ4n) is 2.61. The van der Waals surface area contributed by atoms with Gasteiger partial charge in [0.1, 0.15) is 6.54 Å². The van der Waals surface area contributed by atoms with E-state index in [4.69, 9.17) is 0 Å². The number of rotatable bonds is 6. The summed E-state index contributed by atoms with van der Waals surface area (Å²) in [6.45, 7) is -0.116. The Morgan fingerprint density at radius 3 is 1.76 bits per heavy atom. The van der Waals surface area contributed by atoms with Crippen molar-refractivity contribution in [3.8, 4) is 0 Å². The monoisotopic (exact) mass is 777 g/mol. The molecule has 0 saturated carbocycles. The molecule has 14 heteroatoms. The van der Waals surface area contributed by atoms with Crippen molar-refractivity contribution >= 4 is 72.1 Å². The van der Waals surface area contributed by atoms with Crippen LogP contribution in [0.15, 0.2) is 45.3 Å². The summed E-state index contributed by atoms with van der Waals surface area (Å²) in [5.41, 5.74) is -0.779. The second kappa shape index (κ2) is 16.4. The summed E-state index contributed by atoms with van der Waals surface area (Å²) in [5.74, 6) is -0.963. The summed E-state index contributed by atoms with van der Waals surface area (Å²) in [5, 5.41) is 0. The lowest BCUT2D eigenvalue weighted by atomic mass is 10.1. The third-order valence-electron chi connectivity index (χ3n) is 4.47. The molecule has 0 bridgehead atoms. The van der Waals surface area contributed by atoms with E-state index in [1.54, 1.807) is 6.07 Å². The van der Waals surface area contributed by atoms with Gasteiger partial charge in [0.15, 0.2) is 0 Å². The number of esters is 2. The predicted octanol–water partition coefficient (Wildman–Crippen LogP) is 7.70. The summed E-state index contributed by atoms with van der Waals surface area (Å²) >= 11 is 7.85. The van der Waals surface area contributed by atoms with Crippen molar-refractivity contribution in [3.05, 3.63) is 62.0 Å². The molecule has 0 unspecified atom stereocenters. The van der Waals surface area contributed by atoms with Crippen molar-refractivity contribution in [2.24, 2.45) is 0 Å². The van der Waals surface area contributed by atoms with Gasteiger partial charge in [0, 0.05) is 28.1 Å². The van der Waals surface area contributed by atoms with E-state index in [1.165, 1.54) is 44.4 Å². The quantitative estimate of drug-likeness (QED) is 0.130. The molecule has 2 aromatic rings. The van der Waals surface area contributed by atoms with Crippen LogP contribution < -0.4 is 4.90 Å². The zero-order valence-electron chi connectivity index (χ0n) is 20.1. The molecule has 5 nitrogen and oxygen atoms in total. The van der Waals surface area contributed by atoms with E-state index in [2.05, 4.69) is 63.9 Å². The first-order valence-corrected chi connectivity index (χ1v) is 13.8. The van der Waals surface area contributed by atoms with Crippen molar-refractivity contribution in [2.45, 2.75) is 25.2 Å². The van der Waals surface area contributed by atoms with Crippen LogP contribution in [0.4, 0.5) is 32.0 Å². The largest absolute Gasteiger partial charge is 0.469 e. The van der Waals surface area contributed by atoms with Gasteiger partial charge in [-0.15, -0.1) is 0 Å². The Labute approximate surface area is 241 Å². The number of halogens is 9. The maximum Gasteiger partial charge on any atom is 0.417 e. The molecule has 37 heavy (non-hydrogen) atoms. The fraction of sp³-hybridized carbons (Fsp3) is 0.391. The van der Waals surface area contributed by atoms with Gasteiger partial charge in [0.2, 0.25) is 0 Å². The predicted molar refractivity (Wildman–Crippen MR) is 144 cm³/mol. The highest BCUT2D eigenvalue weighted by molar-refractivity contribution is 14.1. The topological polar surface area (TPSA) is 55.8 Å². The van der Waals surface area contributed by atoms with Crippen LogP contribution in [0.25, 0.3) is 0 Å². The standard InChI is InChI=1S/C11H11BrF3NO2.C11H10BrF3O2.CH3I/c1-16(6-10(17)18-2)7-3-4-9(12)8(5-7)11(13,14)15;1-17-10(16)5-3-7-2-4-9(12)8(6-7)11(13,14)15;1-2/h3-5H,6H2,1-2H3;2,4,6H,3,5H2,1H3;1H3. The Morgan fingerprint density at radius 2 is 1.30 bits per heavy atom. The third-order valence-corrected chi connectivity index (χ3v) is 5.85. The number of carbonyl (C=O) groups is 2. The first-order chi connectivity index (χ1) is 17.1. The zero-order valence-corrected chi connectivity index (χ0v) is 25.4. The normalized spacial score (nSPS) is 10.8. The second-order valence-electron chi connectivity index (χ2n) is 6.98. The van der Waals surface area contributed by atoms with Gasteiger partial charge < -0.3 is 14.4 Å². The summed E-state index contributed by atoms with van der Waals surface area (Å²) in [4.78, 5) is 25.3. The van der Waals surface area contributed by atoms with Gasteiger partial charge in [-0.25, -0.2) is 0 Å². The third kappa shape index (κ3) is 12.7. The lowest BCUT2D eigenvalue weighted by molar-refractivity contribution is -0.141. The number of ether oxygens (including phenoxy) is 2. The number of alkyl halides is 7. The molecule has 0 aliphatic rings. The Kier molecular flexibility index (Phi) is 15.7. The number of carbonyl (C=O) groups excluding carboxylic acids is 2. The van der Waals surface area contributed by atoms with Gasteiger partial charge in [-0.1, -0.05) is 60.5 Å². The maximum atomic E-state index is 12.7. The number of hydrogen-bond acceptors (Lipinski definition) is 5. The molecule has 2 rings (SSSR count). The molecule has 0 spiro atoms. The maximum absolute atomic E-state index is 12.7. The highest BCUT2D eigenvalue weighted by Crippen LogP contribution is 2.37. The molecule has 0 saturated heterocycles. The van der Waals surface area contributed by atoms with Crippen LogP contribution in [0, 0.1) is 0 Å². The molecule has 0 aliphatic carbocycles. The van der Waals surface area contributed by atoms with Gasteiger partial charge in [-0.3, -0.25) is 9.59 Å². The number of methoxy groups -OCH3 is 2. The summed E-state index contributed by atoms with van der Waals surface area (Å²) in [6.07, 6.45) is -8.56. The average molecular weight is 779 g/mol. The van der Waals surface area contributed by atoms with Crippen LogP contribution in [0.3, 0.4) is 0 Å². The van der Waals surface area contributed by atoms with E-state index < -0.39 is 35.4 Å². The van der Waals surface area contributed by atoms with E-state index in [0.717, 1.165) is 12.1 Å². The molecule has 0 amide bonds. The van der Waals surface area contributed by atoms with E-state index in [0.29, 0.717) is 5.56 Å². The van der Waals surface area contributed by atoms with Gasteiger partial charge in [0.05, 0.1) is 25.3 Å². The van der Waals surface area contributed by atoms with Gasteiger partial charge in [-0.05, 0) is 47.2 Å². The Hall–Kier alpha value is -1.55. The molecular formula is C23H24Br2F6INO4. The van der Waals surface area contributed by atoms with Crippen LogP contribution in [0.1, 0.15) is 23.1 Å². The molecule has 0 fully saturated rings. The van der Waals surface area contributed by atoms with Crippen LogP contribution in [0.2, 0.25) is 0 Å².